The summed E-state index contributed by atoms with van der Waals surface area (Å²) in [6.07, 6.45) is 7.16. The van der Waals surface area contributed by atoms with Crippen LogP contribution in [0.3, 0.4) is 0 Å². The zero-order valence-electron chi connectivity index (χ0n) is 21.1. The minimum Gasteiger partial charge on any atom is -0.339 e. The van der Waals surface area contributed by atoms with Gasteiger partial charge in [-0.25, -0.2) is 0 Å². The Labute approximate surface area is 206 Å². The molecule has 0 bridgehead atoms. The van der Waals surface area contributed by atoms with E-state index in [0.29, 0.717) is 17.3 Å². The highest BCUT2D eigenvalue weighted by Crippen LogP contribution is 2.31. The highest BCUT2D eigenvalue weighted by atomic mass is 16.2. The van der Waals surface area contributed by atoms with E-state index in [2.05, 4.69) is 37.8 Å². The van der Waals surface area contributed by atoms with Crippen molar-refractivity contribution in [2.24, 2.45) is 11.8 Å². The largest absolute Gasteiger partial charge is 0.339 e. The minimum atomic E-state index is -0.636. The third-order valence-electron chi connectivity index (χ3n) is 6.91. The number of amides is 2. The van der Waals surface area contributed by atoms with Crippen molar-refractivity contribution in [3.8, 4) is 11.3 Å². The highest BCUT2D eigenvalue weighted by molar-refractivity contribution is 6.00. The van der Waals surface area contributed by atoms with Crippen LogP contribution < -0.4 is 10.6 Å². The predicted molar refractivity (Wildman–Crippen MR) is 135 cm³/mol. The average Bonchev–Trinajstić information content (AvgIpc) is 3.45. The molecule has 1 aliphatic rings. The molecule has 3 heterocycles. The number of rotatable bonds is 7. The van der Waals surface area contributed by atoms with Gasteiger partial charge in [0.25, 0.3) is 5.91 Å². The summed E-state index contributed by atoms with van der Waals surface area (Å²) in [4.78, 5) is 31.2. The molecule has 35 heavy (non-hydrogen) atoms. The first-order valence-electron chi connectivity index (χ1n) is 12.4. The summed E-state index contributed by atoms with van der Waals surface area (Å²) in [7, 11) is 0. The summed E-state index contributed by atoms with van der Waals surface area (Å²) in [6, 6.07) is 4.80. The van der Waals surface area contributed by atoms with E-state index < -0.39 is 6.04 Å². The molecule has 1 fully saturated rings. The lowest BCUT2D eigenvalue weighted by atomic mass is 9.79. The second-order valence-electron chi connectivity index (χ2n) is 9.96. The minimum absolute atomic E-state index is 0.0423. The summed E-state index contributed by atoms with van der Waals surface area (Å²) < 4.78 is 1.68. The zero-order chi connectivity index (χ0) is 25.1. The second kappa shape index (κ2) is 10.4. The smallest absolute Gasteiger partial charge is 0.270 e. The van der Waals surface area contributed by atoms with Crippen molar-refractivity contribution >= 4 is 17.5 Å². The summed E-state index contributed by atoms with van der Waals surface area (Å²) in [6.45, 7) is 10.1. The van der Waals surface area contributed by atoms with Crippen LogP contribution in [0.5, 0.6) is 0 Å². The quantitative estimate of drug-likeness (QED) is 0.465. The molecule has 0 spiro atoms. The molecular formula is C26H35N7O2. The summed E-state index contributed by atoms with van der Waals surface area (Å²) in [5.41, 5.74) is 4.63. The van der Waals surface area contributed by atoms with Crippen LogP contribution in [0.15, 0.2) is 30.6 Å². The van der Waals surface area contributed by atoms with E-state index in [4.69, 9.17) is 0 Å². The maximum Gasteiger partial charge on any atom is 0.270 e. The molecule has 0 saturated heterocycles. The Balaban J connectivity index is 1.52. The van der Waals surface area contributed by atoms with Gasteiger partial charge in [0.2, 0.25) is 5.91 Å². The van der Waals surface area contributed by atoms with Crippen LogP contribution in [0.25, 0.3) is 11.3 Å². The molecule has 3 aromatic heterocycles. The van der Waals surface area contributed by atoms with Gasteiger partial charge in [-0.3, -0.25) is 24.4 Å². The number of pyridine rings is 1. The molecule has 186 valence electrons. The number of aromatic amines is 1. The fourth-order valence-corrected chi connectivity index (χ4v) is 4.90. The van der Waals surface area contributed by atoms with Crippen LogP contribution in [0.4, 0.5) is 5.69 Å². The van der Waals surface area contributed by atoms with Gasteiger partial charge in [0.05, 0.1) is 23.3 Å². The Morgan fingerprint density at radius 2 is 1.86 bits per heavy atom. The molecule has 0 aliphatic heterocycles. The lowest BCUT2D eigenvalue weighted by Gasteiger charge is -2.32. The van der Waals surface area contributed by atoms with Crippen molar-refractivity contribution in [3.05, 3.63) is 47.7 Å². The second-order valence-corrected chi connectivity index (χ2v) is 9.96. The third-order valence-corrected chi connectivity index (χ3v) is 6.91. The van der Waals surface area contributed by atoms with Crippen molar-refractivity contribution < 1.29 is 9.59 Å². The first kappa shape index (κ1) is 24.6. The maximum absolute atomic E-state index is 13.4. The summed E-state index contributed by atoms with van der Waals surface area (Å²) in [5.74, 6) is 0.210. The number of aryl methyl sites for hydroxylation is 2. The molecule has 0 radical (unpaired) electrons. The molecule has 2 amide bonds. The van der Waals surface area contributed by atoms with Crippen LogP contribution in [-0.2, 0) is 4.79 Å². The van der Waals surface area contributed by atoms with E-state index in [1.54, 1.807) is 23.1 Å². The SMILES string of the molecule is Cc1n[nH]c(C)c1-c1ccc(NC(=O)[C@@H](NC(=O)c2ccnn2C(C)C)C2CCC(C)CC2)cn1. The number of hydrogen-bond acceptors (Lipinski definition) is 5. The van der Waals surface area contributed by atoms with Crippen LogP contribution in [0, 0.1) is 25.7 Å². The van der Waals surface area contributed by atoms with Crippen LogP contribution in [-0.4, -0.2) is 42.8 Å². The molecule has 9 nitrogen and oxygen atoms in total. The Kier molecular flexibility index (Phi) is 7.33. The summed E-state index contributed by atoms with van der Waals surface area (Å²) in [5, 5.41) is 17.5. The van der Waals surface area contributed by atoms with Crippen molar-refractivity contribution in [3.63, 3.8) is 0 Å². The van der Waals surface area contributed by atoms with Crippen LogP contribution in [0.2, 0.25) is 0 Å². The van der Waals surface area contributed by atoms with E-state index >= 15 is 0 Å². The fourth-order valence-electron chi connectivity index (χ4n) is 4.90. The first-order chi connectivity index (χ1) is 16.7. The predicted octanol–water partition coefficient (Wildman–Crippen LogP) is 4.43. The maximum atomic E-state index is 13.4. The van der Waals surface area contributed by atoms with Gasteiger partial charge in [0.1, 0.15) is 11.7 Å². The highest BCUT2D eigenvalue weighted by Gasteiger charge is 2.33. The molecule has 1 aliphatic carbocycles. The normalized spacial score (nSPS) is 18.9. The van der Waals surface area contributed by atoms with Gasteiger partial charge in [0, 0.05) is 23.5 Å². The lowest BCUT2D eigenvalue weighted by Crippen LogP contribution is -2.49. The molecule has 1 atom stereocenters. The Morgan fingerprint density at radius 1 is 1.11 bits per heavy atom. The molecule has 0 unspecified atom stereocenters. The van der Waals surface area contributed by atoms with Gasteiger partial charge in [-0.15, -0.1) is 0 Å². The Bertz CT molecular complexity index is 1150. The Hall–Kier alpha value is -3.49. The van der Waals surface area contributed by atoms with E-state index in [1.807, 2.05) is 39.8 Å². The fraction of sp³-hybridized carbons (Fsp3) is 0.500. The van der Waals surface area contributed by atoms with Crippen molar-refractivity contribution in [1.29, 1.82) is 0 Å². The lowest BCUT2D eigenvalue weighted by molar-refractivity contribution is -0.119. The monoisotopic (exact) mass is 477 g/mol. The number of anilines is 1. The number of carbonyl (C=O) groups excluding carboxylic acids is 2. The molecule has 3 N–H and O–H groups in total. The van der Waals surface area contributed by atoms with E-state index in [-0.39, 0.29) is 23.8 Å². The molecule has 3 aromatic rings. The van der Waals surface area contributed by atoms with E-state index in [0.717, 1.165) is 48.3 Å². The number of H-pyrrole nitrogens is 1. The van der Waals surface area contributed by atoms with Gasteiger partial charge in [-0.05, 0) is 70.6 Å². The van der Waals surface area contributed by atoms with E-state index in [1.165, 1.54) is 0 Å². The third kappa shape index (κ3) is 5.44. The topological polar surface area (TPSA) is 118 Å². The van der Waals surface area contributed by atoms with E-state index in [9.17, 15) is 9.59 Å². The van der Waals surface area contributed by atoms with Gasteiger partial charge in [0.15, 0.2) is 0 Å². The number of nitrogens with one attached hydrogen (secondary N) is 3. The number of aromatic nitrogens is 5. The molecule has 0 aromatic carbocycles. The van der Waals surface area contributed by atoms with Crippen molar-refractivity contribution in [2.75, 3.05) is 5.32 Å². The standard InChI is InChI=1S/C26H35N7O2/c1-15(2)33-22(12-13-28-33)25(34)30-24(19-8-6-16(3)7-9-19)26(35)29-20-10-11-21(27-14-20)23-17(4)31-32-18(23)5/h10-16,19,24H,6-9H2,1-5H3,(H,29,35)(H,30,34)(H,31,32)/t16?,19?,24-/m0/s1. The van der Waals surface area contributed by atoms with Crippen molar-refractivity contribution in [2.45, 2.75) is 72.4 Å². The zero-order valence-corrected chi connectivity index (χ0v) is 21.1. The average molecular weight is 478 g/mol. The van der Waals surface area contributed by atoms with Gasteiger partial charge in [-0.1, -0.05) is 19.8 Å². The summed E-state index contributed by atoms with van der Waals surface area (Å²) >= 11 is 0. The molecule has 9 heteroatoms. The molecule has 4 rings (SSSR count). The number of hydrogen-bond donors (Lipinski definition) is 3. The Morgan fingerprint density at radius 3 is 2.46 bits per heavy atom. The van der Waals surface area contributed by atoms with Gasteiger partial charge < -0.3 is 10.6 Å². The molecular weight excluding hydrogens is 442 g/mol. The number of nitrogens with zero attached hydrogens (tertiary/aromatic N) is 4. The van der Waals surface area contributed by atoms with Crippen molar-refractivity contribution in [1.82, 2.24) is 30.3 Å². The van der Waals surface area contributed by atoms with Crippen LogP contribution >= 0.6 is 0 Å². The molecule has 1 saturated carbocycles. The van der Waals surface area contributed by atoms with Crippen LogP contribution in [0.1, 0.15) is 74.4 Å². The number of carbonyl (C=O) groups is 2. The first-order valence-corrected chi connectivity index (χ1v) is 12.4. The van der Waals surface area contributed by atoms with Gasteiger partial charge >= 0.3 is 0 Å². The van der Waals surface area contributed by atoms with Gasteiger partial charge in [-0.2, -0.15) is 10.2 Å².